The van der Waals surface area contributed by atoms with Crippen molar-refractivity contribution in [3.05, 3.63) is 41.1 Å². The van der Waals surface area contributed by atoms with Crippen LogP contribution in [0.5, 0.6) is 0 Å². The third-order valence-electron chi connectivity index (χ3n) is 4.87. The van der Waals surface area contributed by atoms with Crippen molar-refractivity contribution in [3.63, 3.8) is 0 Å². The van der Waals surface area contributed by atoms with Crippen LogP contribution in [0.15, 0.2) is 34.1 Å². The van der Waals surface area contributed by atoms with Crippen molar-refractivity contribution in [1.29, 1.82) is 0 Å². The lowest BCUT2D eigenvalue weighted by molar-refractivity contribution is -0.118. The minimum absolute atomic E-state index is 0.189. The average Bonchev–Trinajstić information content (AvgIpc) is 2.84. The fourth-order valence-electron chi connectivity index (χ4n) is 2.98. The smallest absolute Gasteiger partial charge is 0.228 e. The molecule has 0 bridgehead atoms. The molecule has 1 aromatic heterocycles. The minimum atomic E-state index is -3.75. The van der Waals surface area contributed by atoms with Crippen molar-refractivity contribution in [1.82, 2.24) is 4.57 Å². The van der Waals surface area contributed by atoms with Crippen LogP contribution in [0.1, 0.15) is 50.4 Å². The first kappa shape index (κ1) is 21.2. The maximum atomic E-state index is 13.4. The summed E-state index contributed by atoms with van der Waals surface area (Å²) in [4.78, 5) is 12.8. The Morgan fingerprint density at radius 1 is 1.11 bits per heavy atom. The topological polar surface area (TPSA) is 68.2 Å². The molecule has 0 aliphatic rings. The molecule has 0 saturated carbocycles. The quantitative estimate of drug-likeness (QED) is 0.749. The lowest BCUT2D eigenvalue weighted by Crippen LogP contribution is -2.22. The molecule has 0 aliphatic heterocycles. The van der Waals surface area contributed by atoms with Crippen molar-refractivity contribution in [2.75, 3.05) is 5.32 Å². The first-order valence-electron chi connectivity index (χ1n) is 9.43. The van der Waals surface area contributed by atoms with Crippen LogP contribution in [0.25, 0.3) is 0 Å². The van der Waals surface area contributed by atoms with Gasteiger partial charge in [0.25, 0.3) is 0 Å². The molecule has 1 heterocycles. The summed E-state index contributed by atoms with van der Waals surface area (Å²) >= 11 is 0. The molecular formula is C21H30N2O3S. The molecule has 1 N–H and O–H groups in total. The maximum absolute atomic E-state index is 13.4. The number of nitrogens with zero attached hydrogens (tertiary/aromatic N) is 1. The molecule has 1 aromatic carbocycles. The van der Waals surface area contributed by atoms with Gasteiger partial charge in [-0.05, 0) is 44.9 Å². The normalized spacial score (nSPS) is 11.8. The SMILES string of the molecule is CCCCn1c(C)c(C)c(S(=O)(=O)c2ccc(C)cc2)c1NC(=O)C(C)C. The summed E-state index contributed by atoms with van der Waals surface area (Å²) in [5.41, 5.74) is 2.55. The lowest BCUT2D eigenvalue weighted by Gasteiger charge is -2.15. The Bertz CT molecular complexity index is 923. The number of aryl methyl sites for hydroxylation is 1. The molecule has 0 spiro atoms. The van der Waals surface area contributed by atoms with Crippen LogP contribution in [0.4, 0.5) is 5.82 Å². The zero-order valence-electron chi connectivity index (χ0n) is 17.1. The van der Waals surface area contributed by atoms with Crippen LogP contribution in [-0.4, -0.2) is 18.9 Å². The van der Waals surface area contributed by atoms with E-state index >= 15 is 0 Å². The van der Waals surface area contributed by atoms with E-state index in [-0.39, 0.29) is 21.6 Å². The highest BCUT2D eigenvalue weighted by atomic mass is 32.2. The highest BCUT2D eigenvalue weighted by Gasteiger charge is 2.30. The van der Waals surface area contributed by atoms with Gasteiger partial charge < -0.3 is 9.88 Å². The summed E-state index contributed by atoms with van der Waals surface area (Å²) in [7, 11) is -3.75. The summed E-state index contributed by atoms with van der Waals surface area (Å²) in [5, 5.41) is 2.88. The zero-order valence-corrected chi connectivity index (χ0v) is 17.9. The predicted molar refractivity (Wildman–Crippen MR) is 109 cm³/mol. The van der Waals surface area contributed by atoms with Gasteiger partial charge in [-0.3, -0.25) is 4.79 Å². The first-order chi connectivity index (χ1) is 12.6. The first-order valence-corrected chi connectivity index (χ1v) is 10.9. The van der Waals surface area contributed by atoms with Gasteiger partial charge in [0.05, 0.1) is 4.90 Å². The number of carbonyl (C=O) groups excluding carboxylic acids is 1. The summed E-state index contributed by atoms with van der Waals surface area (Å²) in [6, 6.07) is 6.82. The number of rotatable bonds is 7. The molecule has 0 radical (unpaired) electrons. The zero-order chi connectivity index (χ0) is 20.4. The van der Waals surface area contributed by atoms with Gasteiger partial charge in [-0.15, -0.1) is 0 Å². The number of hydrogen-bond acceptors (Lipinski definition) is 3. The van der Waals surface area contributed by atoms with E-state index in [0.29, 0.717) is 17.9 Å². The fourth-order valence-corrected chi connectivity index (χ4v) is 4.68. The van der Waals surface area contributed by atoms with Gasteiger partial charge in [0.2, 0.25) is 15.7 Å². The Labute approximate surface area is 162 Å². The standard InChI is InChI=1S/C21H30N2O3S/c1-7-8-13-23-17(6)16(5)19(20(23)22-21(24)14(2)3)27(25,26)18-11-9-15(4)10-12-18/h9-12,14H,7-8,13H2,1-6H3,(H,22,24). The molecule has 148 valence electrons. The molecule has 0 saturated heterocycles. The van der Waals surface area contributed by atoms with Gasteiger partial charge in [0.1, 0.15) is 10.7 Å². The number of benzene rings is 1. The third kappa shape index (κ3) is 4.26. The monoisotopic (exact) mass is 390 g/mol. The number of anilines is 1. The Balaban J connectivity index is 2.69. The van der Waals surface area contributed by atoms with Crippen molar-refractivity contribution in [3.8, 4) is 0 Å². The Hall–Kier alpha value is -2.08. The van der Waals surface area contributed by atoms with Crippen LogP contribution in [0, 0.1) is 26.7 Å². The van der Waals surface area contributed by atoms with Crippen LogP contribution in [-0.2, 0) is 21.2 Å². The molecule has 0 unspecified atom stereocenters. The summed E-state index contributed by atoms with van der Waals surface area (Å²) in [6.07, 6.45) is 1.89. The molecule has 0 fully saturated rings. The summed E-state index contributed by atoms with van der Waals surface area (Å²) < 4.78 is 28.8. The molecule has 5 nitrogen and oxygen atoms in total. The van der Waals surface area contributed by atoms with Gasteiger partial charge in [-0.2, -0.15) is 0 Å². The second-order valence-electron chi connectivity index (χ2n) is 7.35. The number of unbranched alkanes of at least 4 members (excludes halogenated alkanes) is 1. The van der Waals surface area contributed by atoms with Crippen molar-refractivity contribution in [2.24, 2.45) is 5.92 Å². The van der Waals surface area contributed by atoms with Crippen molar-refractivity contribution >= 4 is 21.6 Å². The summed E-state index contributed by atoms with van der Waals surface area (Å²) in [5.74, 6) is -0.0432. The second kappa shape index (κ2) is 8.30. The Kier molecular flexibility index (Phi) is 6.52. The van der Waals surface area contributed by atoms with Gasteiger partial charge in [0.15, 0.2) is 0 Å². The van der Waals surface area contributed by atoms with E-state index in [9.17, 15) is 13.2 Å². The average molecular weight is 391 g/mol. The highest BCUT2D eigenvalue weighted by molar-refractivity contribution is 7.91. The fraction of sp³-hybridized carbons (Fsp3) is 0.476. The Morgan fingerprint density at radius 3 is 2.22 bits per heavy atom. The molecule has 0 atom stereocenters. The number of aromatic nitrogens is 1. The number of hydrogen-bond donors (Lipinski definition) is 1. The molecule has 1 amide bonds. The van der Waals surface area contributed by atoms with Gasteiger partial charge >= 0.3 is 0 Å². The van der Waals surface area contributed by atoms with Crippen LogP contribution < -0.4 is 5.32 Å². The van der Waals surface area contributed by atoms with E-state index in [1.54, 1.807) is 38.1 Å². The predicted octanol–water partition coefficient (Wildman–Crippen LogP) is 4.64. The maximum Gasteiger partial charge on any atom is 0.228 e. The van der Waals surface area contributed by atoms with E-state index in [2.05, 4.69) is 12.2 Å². The van der Waals surface area contributed by atoms with Crippen molar-refractivity contribution in [2.45, 2.75) is 70.7 Å². The largest absolute Gasteiger partial charge is 0.331 e. The highest BCUT2D eigenvalue weighted by Crippen LogP contribution is 2.36. The number of carbonyl (C=O) groups is 1. The van der Waals surface area contributed by atoms with Crippen LogP contribution in [0.2, 0.25) is 0 Å². The van der Waals surface area contributed by atoms with Crippen LogP contribution >= 0.6 is 0 Å². The van der Waals surface area contributed by atoms with Crippen molar-refractivity contribution < 1.29 is 13.2 Å². The molecule has 2 rings (SSSR count). The van der Waals surface area contributed by atoms with E-state index in [0.717, 1.165) is 24.1 Å². The minimum Gasteiger partial charge on any atom is -0.331 e. The molecule has 2 aromatic rings. The molecule has 0 aliphatic carbocycles. The third-order valence-corrected chi connectivity index (χ3v) is 6.80. The lowest BCUT2D eigenvalue weighted by atomic mass is 10.2. The van der Waals surface area contributed by atoms with Gasteiger partial charge in [0, 0.05) is 18.2 Å². The number of sulfone groups is 1. The molecular weight excluding hydrogens is 360 g/mol. The summed E-state index contributed by atoms with van der Waals surface area (Å²) in [6.45, 7) is 12.0. The molecule has 27 heavy (non-hydrogen) atoms. The van der Waals surface area contributed by atoms with E-state index < -0.39 is 9.84 Å². The van der Waals surface area contributed by atoms with Crippen LogP contribution in [0.3, 0.4) is 0 Å². The Morgan fingerprint density at radius 2 is 1.70 bits per heavy atom. The second-order valence-corrected chi connectivity index (χ2v) is 9.24. The van der Waals surface area contributed by atoms with Gasteiger partial charge in [-0.1, -0.05) is 44.9 Å². The van der Waals surface area contributed by atoms with E-state index in [1.807, 2.05) is 25.3 Å². The van der Waals surface area contributed by atoms with E-state index in [4.69, 9.17) is 0 Å². The van der Waals surface area contributed by atoms with E-state index in [1.165, 1.54) is 0 Å². The molecule has 6 heteroatoms. The van der Waals surface area contributed by atoms with Gasteiger partial charge in [-0.25, -0.2) is 8.42 Å². The number of nitrogens with one attached hydrogen (secondary N) is 1. The number of amides is 1.